The first-order chi connectivity index (χ1) is 9.74. The number of nitrogens with zero attached hydrogens (tertiary/aromatic N) is 1. The van der Waals surface area contributed by atoms with E-state index in [2.05, 4.69) is 11.4 Å². The lowest BCUT2D eigenvalue weighted by Gasteiger charge is -2.53. The molecule has 4 nitrogen and oxygen atoms in total. The lowest BCUT2D eigenvalue weighted by atomic mass is 9.51. The van der Waals surface area contributed by atoms with Gasteiger partial charge in [-0.05, 0) is 55.8 Å². The summed E-state index contributed by atoms with van der Waals surface area (Å²) in [5, 5.41) is 11.9. The Kier molecular flexibility index (Phi) is 2.76. The van der Waals surface area contributed by atoms with Crippen LogP contribution in [0.1, 0.15) is 38.5 Å². The molecule has 0 spiro atoms. The Morgan fingerprint density at radius 3 is 2.40 bits per heavy atom. The van der Waals surface area contributed by atoms with Gasteiger partial charge in [-0.25, -0.2) is 0 Å². The van der Waals surface area contributed by atoms with Gasteiger partial charge in [0.25, 0.3) is 0 Å². The molecular weight excluding hydrogens is 252 g/mol. The Bertz CT molecular complexity index is 489. The van der Waals surface area contributed by atoms with Gasteiger partial charge in [0, 0.05) is 12.3 Å². The minimum atomic E-state index is 0.100. The minimum absolute atomic E-state index is 0.100. The summed E-state index contributed by atoms with van der Waals surface area (Å²) < 4.78 is 5.40. The molecule has 1 N–H and O–H groups in total. The van der Waals surface area contributed by atoms with Crippen molar-refractivity contribution in [2.45, 2.75) is 38.5 Å². The maximum atomic E-state index is 12.6. The van der Waals surface area contributed by atoms with Crippen LogP contribution < -0.4 is 5.32 Å². The molecule has 4 saturated carbocycles. The van der Waals surface area contributed by atoms with Crippen molar-refractivity contribution in [3.8, 4) is 6.07 Å². The molecule has 5 aliphatic rings. The largest absolute Gasteiger partial charge is 0.478 e. The van der Waals surface area contributed by atoms with Crippen molar-refractivity contribution < 1.29 is 9.53 Å². The number of ether oxygens (including phenoxy) is 1. The molecular formula is C16H20N2O2. The summed E-state index contributed by atoms with van der Waals surface area (Å²) in [4.78, 5) is 12.6. The number of amides is 1. The molecule has 1 aliphatic heterocycles. The second-order valence-electron chi connectivity index (χ2n) is 6.96. The third-order valence-electron chi connectivity index (χ3n) is 5.77. The maximum Gasteiger partial charge on any atom is 0.230 e. The normalized spacial score (nSPS) is 41.5. The second-order valence-corrected chi connectivity index (χ2v) is 6.96. The van der Waals surface area contributed by atoms with E-state index in [0.29, 0.717) is 36.3 Å². The van der Waals surface area contributed by atoms with Crippen molar-refractivity contribution in [2.75, 3.05) is 6.61 Å². The zero-order valence-corrected chi connectivity index (χ0v) is 11.6. The molecule has 4 aliphatic carbocycles. The predicted octanol–water partition coefficient (Wildman–Crippen LogP) is 2.33. The smallest absolute Gasteiger partial charge is 0.230 e. The highest BCUT2D eigenvalue weighted by atomic mass is 16.5. The molecule has 106 valence electrons. The lowest BCUT2D eigenvalue weighted by molar-refractivity contribution is -0.138. The summed E-state index contributed by atoms with van der Waals surface area (Å²) in [5.74, 6) is 3.56. The number of nitrogens with one attached hydrogen (secondary N) is 1. The first-order valence-corrected chi connectivity index (χ1v) is 7.81. The first-order valence-electron chi connectivity index (χ1n) is 7.81. The molecule has 5 rings (SSSR count). The van der Waals surface area contributed by atoms with Gasteiger partial charge < -0.3 is 4.74 Å². The zero-order valence-electron chi connectivity index (χ0n) is 11.6. The van der Waals surface area contributed by atoms with Gasteiger partial charge >= 0.3 is 0 Å². The number of rotatable bonds is 2. The molecule has 0 aromatic carbocycles. The summed E-state index contributed by atoms with van der Waals surface area (Å²) in [7, 11) is 0. The minimum Gasteiger partial charge on any atom is -0.478 e. The summed E-state index contributed by atoms with van der Waals surface area (Å²) >= 11 is 0. The van der Waals surface area contributed by atoms with E-state index in [-0.39, 0.29) is 11.8 Å². The first kappa shape index (κ1) is 12.3. The quantitative estimate of drug-likeness (QED) is 0.839. The van der Waals surface area contributed by atoms with Crippen molar-refractivity contribution in [1.29, 1.82) is 5.26 Å². The van der Waals surface area contributed by atoms with Gasteiger partial charge in [0.15, 0.2) is 0 Å². The second kappa shape index (κ2) is 4.51. The van der Waals surface area contributed by atoms with Crippen molar-refractivity contribution in [3.05, 3.63) is 11.5 Å². The van der Waals surface area contributed by atoms with Crippen LogP contribution in [0.4, 0.5) is 0 Å². The van der Waals surface area contributed by atoms with Gasteiger partial charge in [-0.3, -0.25) is 10.1 Å². The number of hydrogen-bond donors (Lipinski definition) is 1. The third-order valence-corrected chi connectivity index (χ3v) is 5.77. The van der Waals surface area contributed by atoms with Crippen LogP contribution >= 0.6 is 0 Å². The van der Waals surface area contributed by atoms with Crippen LogP contribution in [0.25, 0.3) is 0 Å². The van der Waals surface area contributed by atoms with Gasteiger partial charge in [-0.1, -0.05) is 0 Å². The van der Waals surface area contributed by atoms with Crippen molar-refractivity contribution >= 4 is 5.91 Å². The molecule has 4 bridgehead atoms. The summed E-state index contributed by atoms with van der Waals surface area (Å²) in [6, 6.07) is 2.13. The van der Waals surface area contributed by atoms with Crippen LogP contribution in [0.5, 0.6) is 0 Å². The number of nitriles is 1. The monoisotopic (exact) mass is 272 g/mol. The molecule has 0 atom stereocenters. The van der Waals surface area contributed by atoms with Crippen LogP contribution in [0.15, 0.2) is 11.5 Å². The highest BCUT2D eigenvalue weighted by molar-refractivity contribution is 5.81. The van der Waals surface area contributed by atoms with Gasteiger partial charge in [0.2, 0.25) is 11.8 Å². The molecule has 1 heterocycles. The fourth-order valence-electron chi connectivity index (χ4n) is 5.22. The van der Waals surface area contributed by atoms with Gasteiger partial charge in [0.1, 0.15) is 6.07 Å². The van der Waals surface area contributed by atoms with E-state index in [1.54, 1.807) is 0 Å². The topological polar surface area (TPSA) is 62.1 Å². The zero-order chi connectivity index (χ0) is 13.7. The third kappa shape index (κ3) is 1.83. The molecule has 1 amide bonds. The molecule has 0 saturated heterocycles. The predicted molar refractivity (Wildman–Crippen MR) is 71.9 cm³/mol. The van der Waals surface area contributed by atoms with Gasteiger partial charge in [-0.2, -0.15) is 5.26 Å². The summed E-state index contributed by atoms with van der Waals surface area (Å²) in [5.41, 5.74) is 0.585. The number of carbonyl (C=O) groups excluding carboxylic acids is 1. The number of carbonyl (C=O) groups is 1. The van der Waals surface area contributed by atoms with Crippen LogP contribution in [0.3, 0.4) is 0 Å². The van der Waals surface area contributed by atoms with Crippen LogP contribution in [-0.4, -0.2) is 12.5 Å². The van der Waals surface area contributed by atoms with Crippen LogP contribution in [0, 0.1) is 40.9 Å². The highest BCUT2D eigenvalue weighted by Gasteiger charge is 2.50. The van der Waals surface area contributed by atoms with E-state index >= 15 is 0 Å². The average molecular weight is 272 g/mol. The van der Waals surface area contributed by atoms with Crippen LogP contribution in [-0.2, 0) is 9.53 Å². The molecule has 20 heavy (non-hydrogen) atoms. The fraction of sp³-hybridized carbons (Fsp3) is 0.750. The van der Waals surface area contributed by atoms with Crippen molar-refractivity contribution in [1.82, 2.24) is 5.32 Å². The number of hydrogen-bond acceptors (Lipinski definition) is 3. The van der Waals surface area contributed by atoms with E-state index in [1.165, 1.54) is 32.1 Å². The van der Waals surface area contributed by atoms with Gasteiger partial charge in [-0.15, -0.1) is 0 Å². The van der Waals surface area contributed by atoms with Crippen molar-refractivity contribution in [2.24, 2.45) is 29.6 Å². The molecule has 0 unspecified atom stereocenters. The Morgan fingerprint density at radius 2 is 1.80 bits per heavy atom. The maximum absolute atomic E-state index is 12.6. The molecule has 4 heteroatoms. The summed E-state index contributed by atoms with van der Waals surface area (Å²) in [6.07, 6.45) is 6.94. The Labute approximate surface area is 119 Å². The van der Waals surface area contributed by atoms with Gasteiger partial charge in [0.05, 0.1) is 12.2 Å². The molecule has 0 aromatic rings. The Morgan fingerprint density at radius 1 is 1.15 bits per heavy atom. The van der Waals surface area contributed by atoms with E-state index < -0.39 is 0 Å². The van der Waals surface area contributed by atoms with E-state index in [0.717, 1.165) is 11.8 Å². The van der Waals surface area contributed by atoms with Crippen LogP contribution in [0.2, 0.25) is 0 Å². The van der Waals surface area contributed by atoms with Crippen molar-refractivity contribution in [3.63, 3.8) is 0 Å². The molecule has 0 radical (unpaired) electrons. The average Bonchev–Trinajstić information content (AvgIpc) is 2.84. The highest BCUT2D eigenvalue weighted by Crippen LogP contribution is 2.56. The van der Waals surface area contributed by atoms with E-state index in [9.17, 15) is 4.79 Å². The molecule has 0 aromatic heterocycles. The Balaban J connectivity index is 1.51. The fourth-order valence-corrected chi connectivity index (χ4v) is 5.22. The standard InChI is InChI=1S/C16H20N2O2/c17-8-11-1-2-20-16(11)18-15(19)14-12-4-9-3-10(6-12)7-13(14)5-9/h9-10,12-14H,1-7H2,(H,18,19). The summed E-state index contributed by atoms with van der Waals surface area (Å²) in [6.45, 7) is 0.514. The van der Waals surface area contributed by atoms with E-state index in [4.69, 9.17) is 10.00 Å². The molecule has 4 fully saturated rings. The van der Waals surface area contributed by atoms with E-state index in [1.807, 2.05) is 0 Å². The SMILES string of the molecule is N#CC1=C(NC(=O)C2C3CC4CC(C3)CC2C4)OCC1. The Hall–Kier alpha value is -1.50. The lowest BCUT2D eigenvalue weighted by Crippen LogP contribution is -2.50.